The smallest absolute Gasteiger partial charge is 0.204 e. The van der Waals surface area contributed by atoms with Crippen LogP contribution in [0.5, 0.6) is 0 Å². The summed E-state index contributed by atoms with van der Waals surface area (Å²) in [6, 6.07) is 31.7. The van der Waals surface area contributed by atoms with Gasteiger partial charge in [0, 0.05) is 5.88 Å². The van der Waals surface area contributed by atoms with E-state index >= 15 is 0 Å². The zero-order chi connectivity index (χ0) is 21.8. The number of hydrogen-bond donors (Lipinski definition) is 0. The van der Waals surface area contributed by atoms with Gasteiger partial charge in [-0.15, -0.1) is 11.6 Å². The average molecular weight is 471 g/mol. The highest BCUT2D eigenvalue weighted by Gasteiger charge is 2.51. The Hall–Kier alpha value is -1.52. The van der Waals surface area contributed by atoms with Crippen molar-refractivity contribution in [3.05, 3.63) is 108 Å². The lowest BCUT2D eigenvalue weighted by Gasteiger charge is -2.34. The fourth-order valence-corrected chi connectivity index (χ4v) is 7.97. The van der Waals surface area contributed by atoms with E-state index < -0.39 is 6.57 Å². The van der Waals surface area contributed by atoms with Gasteiger partial charge in [0.2, 0.25) is 6.57 Å². The normalized spacial score (nSPS) is 22.4. The average Bonchev–Trinajstić information content (AvgIpc) is 3.01. The number of nitrogens with zero attached hydrogens (tertiary/aromatic N) is 2. The molecule has 0 spiro atoms. The van der Waals surface area contributed by atoms with Gasteiger partial charge >= 0.3 is 0 Å². The van der Waals surface area contributed by atoms with Crippen molar-refractivity contribution in [2.45, 2.75) is 24.6 Å². The quantitative estimate of drug-likeness (QED) is 0.274. The summed E-state index contributed by atoms with van der Waals surface area (Å²) in [5, 5.41) is 0. The lowest BCUT2D eigenvalue weighted by Crippen LogP contribution is -2.20. The van der Waals surface area contributed by atoms with E-state index in [1.807, 2.05) is 18.2 Å². The maximum absolute atomic E-state index is 6.85. The highest BCUT2D eigenvalue weighted by atomic mass is 35.5. The van der Waals surface area contributed by atoms with E-state index in [0.29, 0.717) is 5.88 Å². The number of rotatable bonds is 7. The fraction of sp³-hybridized carbons (Fsp3) is 0.280. The highest BCUT2D eigenvalue weighted by Crippen LogP contribution is 2.70. The molecule has 0 saturated carbocycles. The van der Waals surface area contributed by atoms with Crippen molar-refractivity contribution in [3.8, 4) is 0 Å². The molecule has 0 radical (unpaired) electrons. The topological polar surface area (TPSA) is 15.7 Å². The molecule has 0 bridgehead atoms. The van der Waals surface area contributed by atoms with Crippen LogP contribution in [-0.2, 0) is 16.3 Å². The third-order valence-electron chi connectivity index (χ3n) is 5.99. The van der Waals surface area contributed by atoms with Crippen LogP contribution in [0.25, 0.3) is 0 Å². The van der Waals surface area contributed by atoms with Crippen LogP contribution in [0.2, 0.25) is 0 Å². The summed E-state index contributed by atoms with van der Waals surface area (Å²) in [6.07, 6.45) is 0.581. The summed E-state index contributed by atoms with van der Waals surface area (Å²) >= 11 is 12.5. The fourth-order valence-electron chi connectivity index (χ4n) is 4.40. The molecule has 162 valence electrons. The van der Waals surface area contributed by atoms with Crippen molar-refractivity contribution in [2.24, 2.45) is 0 Å². The number of halogens is 1. The molecule has 3 atom stereocenters. The molecule has 0 amide bonds. The first-order valence-corrected chi connectivity index (χ1v) is 13.7. The van der Waals surface area contributed by atoms with Gasteiger partial charge in [-0.1, -0.05) is 91.0 Å². The molecule has 31 heavy (non-hydrogen) atoms. The second-order valence-electron chi connectivity index (χ2n) is 7.83. The molecule has 0 N–H and O–H groups in total. The molecule has 0 aromatic heterocycles. The number of hydrogen-bond acceptors (Lipinski definition) is 2. The first-order chi connectivity index (χ1) is 15.1. The standard InChI is InChI=1S/C25H28ClN2OPS/c1-27-24(21-14-8-4-9-15-21)25(22-16-10-5-11-17-22)28(2)30(27,31)29-23(18-19-26)20-12-6-3-7-13-20/h3-17,23-25H,18-19H2,1-2H3/t23-,24+,25+/m0/s1. The Balaban J connectivity index is 1.76. The Labute approximate surface area is 195 Å². The van der Waals surface area contributed by atoms with Gasteiger partial charge < -0.3 is 4.52 Å². The predicted molar refractivity (Wildman–Crippen MR) is 134 cm³/mol. The molecule has 1 fully saturated rings. The second kappa shape index (κ2) is 9.95. The summed E-state index contributed by atoms with van der Waals surface area (Å²) in [4.78, 5) is 0. The van der Waals surface area contributed by atoms with Gasteiger partial charge in [0.15, 0.2) is 0 Å². The van der Waals surface area contributed by atoms with Crippen LogP contribution < -0.4 is 0 Å². The minimum atomic E-state index is -2.51. The predicted octanol–water partition coefficient (Wildman–Crippen LogP) is 6.96. The van der Waals surface area contributed by atoms with Gasteiger partial charge in [0.1, 0.15) is 0 Å². The Kier molecular flexibility index (Phi) is 7.28. The SMILES string of the molecule is CN1[C@H](c2ccccc2)[C@@H](c2ccccc2)N(C)P1(=S)O[C@@H](CCCl)c1ccccc1. The molecule has 4 rings (SSSR count). The van der Waals surface area contributed by atoms with Gasteiger partial charge in [-0.2, -0.15) is 0 Å². The van der Waals surface area contributed by atoms with Crippen molar-refractivity contribution >= 4 is 30.0 Å². The van der Waals surface area contributed by atoms with Crippen LogP contribution in [0.4, 0.5) is 0 Å². The zero-order valence-corrected chi connectivity index (χ0v) is 20.3. The molecule has 3 aromatic carbocycles. The van der Waals surface area contributed by atoms with Crippen LogP contribution >= 0.6 is 18.2 Å². The Morgan fingerprint density at radius 3 is 1.65 bits per heavy atom. The summed E-state index contributed by atoms with van der Waals surface area (Å²) in [7, 11) is 4.22. The number of alkyl halides is 1. The Morgan fingerprint density at radius 1 is 0.806 bits per heavy atom. The van der Waals surface area contributed by atoms with Crippen molar-refractivity contribution in [1.82, 2.24) is 9.34 Å². The number of benzene rings is 3. The van der Waals surface area contributed by atoms with Gasteiger partial charge in [-0.25, -0.2) is 9.34 Å². The summed E-state index contributed by atoms with van der Waals surface area (Å²) < 4.78 is 11.4. The van der Waals surface area contributed by atoms with Gasteiger partial charge in [-0.3, -0.25) is 0 Å². The molecule has 1 aliphatic heterocycles. The summed E-state index contributed by atoms with van der Waals surface area (Å²) in [5.41, 5.74) is 3.61. The summed E-state index contributed by atoms with van der Waals surface area (Å²) in [6.45, 7) is -2.51. The van der Waals surface area contributed by atoms with Crippen molar-refractivity contribution in [3.63, 3.8) is 0 Å². The largest absolute Gasteiger partial charge is 0.318 e. The van der Waals surface area contributed by atoms with Gasteiger partial charge in [-0.05, 0) is 49.0 Å². The van der Waals surface area contributed by atoms with Crippen molar-refractivity contribution < 1.29 is 4.52 Å². The van der Waals surface area contributed by atoms with Crippen LogP contribution in [0.3, 0.4) is 0 Å². The maximum atomic E-state index is 6.85. The molecular formula is C25H28ClN2OPS. The molecule has 3 nitrogen and oxygen atoms in total. The van der Waals surface area contributed by atoms with E-state index in [-0.39, 0.29) is 18.2 Å². The van der Waals surface area contributed by atoms with E-state index in [4.69, 9.17) is 27.9 Å². The van der Waals surface area contributed by atoms with E-state index in [9.17, 15) is 0 Å². The molecule has 0 unspecified atom stereocenters. The molecular weight excluding hydrogens is 443 g/mol. The third kappa shape index (κ3) is 4.52. The molecule has 0 aliphatic carbocycles. The van der Waals surface area contributed by atoms with E-state index in [1.54, 1.807) is 0 Å². The first-order valence-electron chi connectivity index (χ1n) is 10.5. The van der Waals surface area contributed by atoms with E-state index in [0.717, 1.165) is 12.0 Å². The third-order valence-corrected chi connectivity index (χ3v) is 10.6. The summed E-state index contributed by atoms with van der Waals surface area (Å²) in [5.74, 6) is 0.520. The Bertz CT molecular complexity index is 966. The second-order valence-corrected chi connectivity index (χ2v) is 12.1. The lowest BCUT2D eigenvalue weighted by molar-refractivity contribution is 0.198. The molecule has 3 aromatic rings. The minimum Gasteiger partial charge on any atom is -0.318 e. The maximum Gasteiger partial charge on any atom is 0.204 e. The van der Waals surface area contributed by atoms with E-state index in [1.165, 1.54) is 11.1 Å². The number of likely N-dealkylation sites (N-methyl/N-ethyl adjacent to an activating group) is 2. The highest BCUT2D eigenvalue weighted by molar-refractivity contribution is 8.10. The molecule has 1 heterocycles. The Morgan fingerprint density at radius 2 is 1.23 bits per heavy atom. The van der Waals surface area contributed by atoms with Crippen molar-refractivity contribution in [1.29, 1.82) is 0 Å². The monoisotopic (exact) mass is 470 g/mol. The van der Waals surface area contributed by atoms with Crippen LogP contribution in [-0.4, -0.2) is 29.3 Å². The molecule has 1 aliphatic rings. The first kappa shape index (κ1) is 22.7. The van der Waals surface area contributed by atoms with Crippen LogP contribution in [0.1, 0.15) is 41.3 Å². The molecule has 6 heteroatoms. The van der Waals surface area contributed by atoms with E-state index in [2.05, 4.69) is 96.2 Å². The van der Waals surface area contributed by atoms with Gasteiger partial charge in [0.05, 0.1) is 18.2 Å². The van der Waals surface area contributed by atoms with Crippen molar-refractivity contribution in [2.75, 3.05) is 20.0 Å². The van der Waals surface area contributed by atoms with Crippen LogP contribution in [0.15, 0.2) is 91.0 Å². The lowest BCUT2D eigenvalue weighted by atomic mass is 9.93. The van der Waals surface area contributed by atoms with Gasteiger partial charge in [0.25, 0.3) is 0 Å². The van der Waals surface area contributed by atoms with Crippen LogP contribution in [0, 0.1) is 0 Å². The molecule has 1 saturated heterocycles. The zero-order valence-electron chi connectivity index (χ0n) is 17.8. The minimum absolute atomic E-state index is 0.104.